The number of benzene rings is 2. The van der Waals surface area contributed by atoms with Crippen molar-refractivity contribution in [3.8, 4) is 0 Å². The number of carbonyl (C=O) groups excluding carboxylic acids is 3. The summed E-state index contributed by atoms with van der Waals surface area (Å²) in [4.78, 5) is 40.6. The van der Waals surface area contributed by atoms with Crippen molar-refractivity contribution in [2.75, 3.05) is 18.4 Å². The Balaban J connectivity index is 1.42. The lowest BCUT2D eigenvalue weighted by atomic mass is 9.88. The highest BCUT2D eigenvalue weighted by Crippen LogP contribution is 2.24. The molecule has 0 aliphatic carbocycles. The lowest BCUT2D eigenvalue weighted by Crippen LogP contribution is -2.52. The molecule has 194 valence electrons. The maximum atomic E-state index is 13.4. The van der Waals surface area contributed by atoms with E-state index in [0.717, 1.165) is 11.1 Å². The fourth-order valence-corrected chi connectivity index (χ4v) is 4.44. The van der Waals surface area contributed by atoms with Gasteiger partial charge in [0, 0.05) is 38.6 Å². The van der Waals surface area contributed by atoms with Crippen LogP contribution in [0.2, 0.25) is 0 Å². The van der Waals surface area contributed by atoms with E-state index in [0.29, 0.717) is 43.7 Å². The molecule has 1 aromatic heterocycles. The topological polar surface area (TPSA) is 132 Å². The summed E-state index contributed by atoms with van der Waals surface area (Å²) in [6.45, 7) is 1.37. The molecule has 0 spiro atoms. The van der Waals surface area contributed by atoms with Crippen LogP contribution in [0.25, 0.3) is 0 Å². The Hall–Kier alpha value is -4.18. The van der Waals surface area contributed by atoms with E-state index in [4.69, 9.17) is 10.5 Å². The van der Waals surface area contributed by atoms with E-state index in [-0.39, 0.29) is 24.3 Å². The number of nitrogens with zero attached hydrogens (tertiary/aromatic N) is 3. The van der Waals surface area contributed by atoms with Gasteiger partial charge in [-0.1, -0.05) is 42.5 Å². The molecule has 10 heteroatoms. The van der Waals surface area contributed by atoms with E-state index >= 15 is 0 Å². The van der Waals surface area contributed by atoms with Crippen LogP contribution in [0.3, 0.4) is 0 Å². The van der Waals surface area contributed by atoms with Gasteiger partial charge in [-0.25, -0.2) is 4.79 Å². The van der Waals surface area contributed by atoms with Gasteiger partial charge in [0.1, 0.15) is 12.6 Å². The molecule has 4 rings (SSSR count). The van der Waals surface area contributed by atoms with Crippen LogP contribution in [0.1, 0.15) is 34.3 Å². The minimum absolute atomic E-state index is 0.0949. The highest BCUT2D eigenvalue weighted by molar-refractivity contribution is 5.97. The maximum absolute atomic E-state index is 13.4. The molecule has 37 heavy (non-hydrogen) atoms. The molecule has 2 aromatic carbocycles. The molecule has 1 saturated heterocycles. The zero-order valence-electron chi connectivity index (χ0n) is 20.8. The van der Waals surface area contributed by atoms with Gasteiger partial charge in [0.15, 0.2) is 0 Å². The monoisotopic (exact) mass is 504 g/mol. The number of rotatable bonds is 8. The first-order valence-corrected chi connectivity index (χ1v) is 12.3. The van der Waals surface area contributed by atoms with Crippen LogP contribution in [-0.4, -0.2) is 51.7 Å². The first kappa shape index (κ1) is 25.9. The van der Waals surface area contributed by atoms with Crippen molar-refractivity contribution in [1.29, 1.82) is 0 Å². The molecule has 1 atom stereocenters. The van der Waals surface area contributed by atoms with E-state index in [9.17, 15) is 14.4 Å². The summed E-state index contributed by atoms with van der Waals surface area (Å²) in [7, 11) is 1.76. The summed E-state index contributed by atoms with van der Waals surface area (Å²) >= 11 is 0. The van der Waals surface area contributed by atoms with E-state index in [1.807, 2.05) is 42.5 Å². The molecule has 4 N–H and O–H groups in total. The van der Waals surface area contributed by atoms with Crippen LogP contribution >= 0.6 is 0 Å². The number of aryl methyl sites for hydroxylation is 1. The molecule has 3 amide bonds. The van der Waals surface area contributed by atoms with Crippen LogP contribution in [-0.2, 0) is 29.7 Å². The predicted molar refractivity (Wildman–Crippen MR) is 138 cm³/mol. The van der Waals surface area contributed by atoms with Crippen LogP contribution < -0.4 is 16.4 Å². The second-order valence-corrected chi connectivity index (χ2v) is 9.11. The van der Waals surface area contributed by atoms with Crippen molar-refractivity contribution in [1.82, 2.24) is 20.0 Å². The number of ether oxygens (including phenoxy) is 1. The molecule has 0 unspecified atom stereocenters. The van der Waals surface area contributed by atoms with Gasteiger partial charge >= 0.3 is 6.09 Å². The fraction of sp³-hybridized carbons (Fsp3) is 0.333. The van der Waals surface area contributed by atoms with Gasteiger partial charge in [-0.05, 0) is 42.0 Å². The van der Waals surface area contributed by atoms with Gasteiger partial charge in [-0.3, -0.25) is 14.3 Å². The molecule has 3 aromatic rings. The lowest BCUT2D eigenvalue weighted by Gasteiger charge is -2.35. The number of nitrogens with one attached hydrogen (secondary N) is 2. The Labute approximate surface area is 215 Å². The highest BCUT2D eigenvalue weighted by atomic mass is 16.5. The van der Waals surface area contributed by atoms with E-state index < -0.39 is 12.1 Å². The second kappa shape index (κ2) is 12.2. The largest absolute Gasteiger partial charge is 0.445 e. The number of hydrogen-bond acceptors (Lipinski definition) is 6. The minimum Gasteiger partial charge on any atom is -0.445 e. The van der Waals surface area contributed by atoms with Crippen molar-refractivity contribution in [3.05, 3.63) is 83.7 Å². The molecule has 1 aliphatic rings. The highest BCUT2D eigenvalue weighted by Gasteiger charge is 2.34. The minimum atomic E-state index is -0.833. The van der Waals surface area contributed by atoms with Crippen molar-refractivity contribution in [2.45, 2.75) is 32.0 Å². The average molecular weight is 505 g/mol. The first-order chi connectivity index (χ1) is 17.9. The third-order valence-electron chi connectivity index (χ3n) is 6.45. The van der Waals surface area contributed by atoms with E-state index in [1.165, 1.54) is 0 Å². The number of anilines is 1. The molecule has 0 saturated carbocycles. The average Bonchev–Trinajstić information content (AvgIpc) is 3.37. The summed E-state index contributed by atoms with van der Waals surface area (Å²) in [5.41, 5.74) is 8.58. The van der Waals surface area contributed by atoms with Crippen molar-refractivity contribution in [2.24, 2.45) is 18.7 Å². The SMILES string of the molecule is Cn1cc(C(=O)N2CCC([C@H](NC(=O)OCc3ccccc3)C(=O)Nc3cccc(CN)c3)CC2)cn1. The molecule has 10 nitrogen and oxygen atoms in total. The van der Waals surface area contributed by atoms with Gasteiger partial charge in [-0.2, -0.15) is 5.10 Å². The third-order valence-corrected chi connectivity index (χ3v) is 6.45. The number of aromatic nitrogens is 2. The Morgan fingerprint density at radius 1 is 1.08 bits per heavy atom. The molecule has 1 aliphatic heterocycles. The lowest BCUT2D eigenvalue weighted by molar-refractivity contribution is -0.119. The number of carbonyl (C=O) groups is 3. The zero-order chi connectivity index (χ0) is 26.2. The van der Waals surface area contributed by atoms with Gasteiger partial charge < -0.3 is 26.0 Å². The zero-order valence-corrected chi connectivity index (χ0v) is 20.8. The number of alkyl carbamates (subject to hydrolysis) is 1. The van der Waals surface area contributed by atoms with Crippen molar-refractivity contribution in [3.63, 3.8) is 0 Å². The fourth-order valence-electron chi connectivity index (χ4n) is 4.44. The normalized spacial score (nSPS) is 14.6. The summed E-state index contributed by atoms with van der Waals surface area (Å²) in [6.07, 6.45) is 3.65. The Kier molecular flexibility index (Phi) is 8.52. The molecule has 1 fully saturated rings. The van der Waals surface area contributed by atoms with E-state index in [1.54, 1.807) is 41.2 Å². The summed E-state index contributed by atoms with van der Waals surface area (Å²) in [5, 5.41) is 9.74. The Morgan fingerprint density at radius 3 is 2.49 bits per heavy atom. The number of amides is 3. The summed E-state index contributed by atoms with van der Waals surface area (Å²) in [6, 6.07) is 15.8. The van der Waals surface area contributed by atoms with Gasteiger partial charge in [0.25, 0.3) is 5.91 Å². The molecule has 0 radical (unpaired) electrons. The number of piperidine rings is 1. The van der Waals surface area contributed by atoms with Gasteiger partial charge in [-0.15, -0.1) is 0 Å². The maximum Gasteiger partial charge on any atom is 0.408 e. The molecular weight excluding hydrogens is 472 g/mol. The van der Waals surface area contributed by atoms with Gasteiger partial charge in [0.05, 0.1) is 11.8 Å². The third kappa shape index (κ3) is 6.95. The summed E-state index contributed by atoms with van der Waals surface area (Å²) in [5.74, 6) is -0.621. The summed E-state index contributed by atoms with van der Waals surface area (Å²) < 4.78 is 6.97. The number of hydrogen-bond donors (Lipinski definition) is 3. The second-order valence-electron chi connectivity index (χ2n) is 9.11. The quantitative estimate of drug-likeness (QED) is 0.432. The first-order valence-electron chi connectivity index (χ1n) is 12.3. The molecule has 0 bridgehead atoms. The number of likely N-dealkylation sites (tertiary alicyclic amines) is 1. The standard InChI is InChI=1S/C27H32N6O4/c1-32-17-22(16-29-32)26(35)33-12-10-21(11-13-33)24(25(34)30-23-9-5-8-20(14-23)15-28)31-27(36)37-18-19-6-3-2-4-7-19/h2-9,14,16-17,21,24H,10-13,15,18,28H2,1H3,(H,30,34)(H,31,36)/t24-/m0/s1. The smallest absolute Gasteiger partial charge is 0.408 e. The Morgan fingerprint density at radius 2 is 1.81 bits per heavy atom. The van der Waals surface area contributed by atoms with Crippen LogP contribution in [0, 0.1) is 5.92 Å². The van der Waals surface area contributed by atoms with Crippen LogP contribution in [0.5, 0.6) is 0 Å². The van der Waals surface area contributed by atoms with Crippen molar-refractivity contribution < 1.29 is 19.1 Å². The Bertz CT molecular complexity index is 1220. The predicted octanol–water partition coefficient (Wildman–Crippen LogP) is 2.66. The molecular formula is C27H32N6O4. The molecule has 2 heterocycles. The van der Waals surface area contributed by atoms with Crippen LogP contribution in [0.4, 0.5) is 10.5 Å². The van der Waals surface area contributed by atoms with E-state index in [2.05, 4.69) is 15.7 Å². The number of nitrogens with two attached hydrogens (primary N) is 1. The van der Waals surface area contributed by atoms with Crippen LogP contribution in [0.15, 0.2) is 67.0 Å². The van der Waals surface area contributed by atoms with Gasteiger partial charge in [0.2, 0.25) is 5.91 Å². The van der Waals surface area contributed by atoms with Crippen molar-refractivity contribution >= 4 is 23.6 Å².